The summed E-state index contributed by atoms with van der Waals surface area (Å²) in [5.41, 5.74) is 3.97. The fraction of sp³-hybridized carbons (Fsp3) is 0.143. The molecule has 1 heterocycles. The molecule has 1 N–H and O–H groups in total. The van der Waals surface area contributed by atoms with E-state index in [1.807, 2.05) is 36.4 Å². The van der Waals surface area contributed by atoms with Crippen molar-refractivity contribution in [3.8, 4) is 0 Å². The molecule has 118 valence electrons. The summed E-state index contributed by atoms with van der Waals surface area (Å²) in [5.74, 6) is -1.01. The van der Waals surface area contributed by atoms with Gasteiger partial charge < -0.3 is 10.1 Å². The zero-order valence-electron chi connectivity index (χ0n) is 12.3. The minimum absolute atomic E-state index is 0.208. The van der Waals surface area contributed by atoms with Gasteiger partial charge in [-0.25, -0.2) is 5.43 Å². The van der Waals surface area contributed by atoms with E-state index in [0.29, 0.717) is 5.71 Å². The number of hydrogen-bond donors (Lipinski definition) is 1. The second kappa shape index (κ2) is 7.59. The van der Waals surface area contributed by atoms with Gasteiger partial charge in [0.15, 0.2) is 0 Å². The summed E-state index contributed by atoms with van der Waals surface area (Å²) < 4.78 is 1.07. The molecule has 9 heteroatoms. The van der Waals surface area contributed by atoms with Gasteiger partial charge in [-0.15, -0.1) is 0 Å². The first kappa shape index (κ1) is 16.0. The molecule has 0 aliphatic rings. The fourth-order valence-corrected chi connectivity index (χ4v) is 1.60. The molecule has 1 amide bonds. The Morgan fingerprint density at radius 1 is 1.43 bits per heavy atom. The maximum Gasteiger partial charge on any atom is 0.490 e. The number of benzene rings is 1. The van der Waals surface area contributed by atoms with E-state index in [0.717, 1.165) is 16.6 Å². The zero-order chi connectivity index (χ0) is 16.7. The predicted octanol–water partition coefficient (Wildman–Crippen LogP) is 1.39. The molecule has 0 unspecified atom stereocenters. The van der Waals surface area contributed by atoms with E-state index in [2.05, 4.69) is 20.6 Å². The van der Waals surface area contributed by atoms with E-state index < -0.39 is 16.8 Å². The van der Waals surface area contributed by atoms with Crippen molar-refractivity contribution in [1.29, 1.82) is 0 Å². The van der Waals surface area contributed by atoms with Crippen molar-refractivity contribution in [2.24, 2.45) is 5.10 Å². The van der Waals surface area contributed by atoms with Crippen molar-refractivity contribution in [2.75, 3.05) is 0 Å². The predicted molar refractivity (Wildman–Crippen MR) is 83.4 cm³/mol. The molecular formula is C14H14N6O3. The van der Waals surface area contributed by atoms with Gasteiger partial charge in [-0.05, 0) is 23.5 Å². The molecule has 0 fully saturated rings. The molecule has 1 aromatic heterocycles. The molecule has 0 spiro atoms. The topological polar surface area (TPSA) is 115 Å². The molecule has 0 aliphatic heterocycles. The molecular weight excluding hydrogens is 300 g/mol. The number of hydrogen-bond acceptors (Lipinski definition) is 6. The smallest absolute Gasteiger partial charge is 0.390 e. The Kier molecular flexibility index (Phi) is 5.29. The molecule has 23 heavy (non-hydrogen) atoms. The van der Waals surface area contributed by atoms with Gasteiger partial charge in [0.25, 0.3) is 5.91 Å². The molecule has 0 saturated carbocycles. The highest BCUT2D eigenvalue weighted by Gasteiger charge is 2.14. The van der Waals surface area contributed by atoms with Gasteiger partial charge in [-0.3, -0.25) is 4.79 Å². The summed E-state index contributed by atoms with van der Waals surface area (Å²) in [6, 6.07) is 9.66. The Morgan fingerprint density at radius 3 is 2.83 bits per heavy atom. The van der Waals surface area contributed by atoms with Crippen LogP contribution in [0.1, 0.15) is 12.5 Å². The minimum atomic E-state index is -0.731. The highest BCUT2D eigenvalue weighted by atomic mass is 16.6. The Bertz CT molecular complexity index is 751. The molecule has 0 bridgehead atoms. The summed E-state index contributed by atoms with van der Waals surface area (Å²) in [4.78, 5) is 24.8. The summed E-state index contributed by atoms with van der Waals surface area (Å²) in [7, 11) is 0. The molecule has 0 radical (unpaired) electrons. The van der Waals surface area contributed by atoms with Gasteiger partial charge in [0.2, 0.25) is 6.33 Å². The lowest BCUT2D eigenvalue weighted by molar-refractivity contribution is -0.394. The van der Waals surface area contributed by atoms with Crippen LogP contribution < -0.4 is 5.43 Å². The van der Waals surface area contributed by atoms with Crippen molar-refractivity contribution in [3.05, 3.63) is 58.4 Å². The third-order valence-electron chi connectivity index (χ3n) is 2.67. The van der Waals surface area contributed by atoms with Gasteiger partial charge in [0.05, 0.1) is 5.71 Å². The summed E-state index contributed by atoms with van der Waals surface area (Å²) in [6.07, 6.45) is 4.74. The maximum absolute atomic E-state index is 11.7. The number of nitrogens with one attached hydrogen (secondary N) is 1. The van der Waals surface area contributed by atoms with Crippen molar-refractivity contribution >= 4 is 23.6 Å². The molecule has 2 aromatic rings. The largest absolute Gasteiger partial charge is 0.490 e. The average Bonchev–Trinajstić information content (AvgIpc) is 3.00. The van der Waals surface area contributed by atoms with Gasteiger partial charge in [-0.1, -0.05) is 41.4 Å². The van der Waals surface area contributed by atoms with Crippen LogP contribution in [0.4, 0.5) is 5.95 Å². The third-order valence-corrected chi connectivity index (χ3v) is 2.67. The number of amides is 1. The number of rotatable bonds is 6. The van der Waals surface area contributed by atoms with Crippen LogP contribution in [0.25, 0.3) is 6.08 Å². The number of carbonyl (C=O) groups excluding carboxylic acids is 1. The highest BCUT2D eigenvalue weighted by molar-refractivity contribution is 5.96. The molecule has 9 nitrogen and oxygen atoms in total. The maximum atomic E-state index is 11.7. The van der Waals surface area contributed by atoms with E-state index in [-0.39, 0.29) is 6.54 Å². The van der Waals surface area contributed by atoms with Crippen LogP contribution in [0.2, 0.25) is 0 Å². The minimum Gasteiger partial charge on any atom is -0.390 e. The SMILES string of the molecule is CC(/C=C/c1ccccc1)=N/NC(=O)Cn1cnc([N+](=O)[O-])n1. The quantitative estimate of drug-likeness (QED) is 0.491. The first-order valence-electron chi connectivity index (χ1n) is 6.64. The van der Waals surface area contributed by atoms with Gasteiger partial charge in [-0.2, -0.15) is 9.78 Å². The summed E-state index contributed by atoms with van der Waals surface area (Å²) in [5, 5.41) is 17.9. The number of nitro groups is 1. The van der Waals surface area contributed by atoms with Crippen LogP contribution in [-0.2, 0) is 11.3 Å². The number of allylic oxidation sites excluding steroid dienone is 1. The van der Waals surface area contributed by atoms with E-state index in [1.165, 1.54) is 0 Å². The van der Waals surface area contributed by atoms with Crippen LogP contribution in [-0.4, -0.2) is 31.3 Å². The van der Waals surface area contributed by atoms with Crippen LogP contribution in [0, 0.1) is 10.1 Å². The Balaban J connectivity index is 1.87. The van der Waals surface area contributed by atoms with E-state index >= 15 is 0 Å². The number of nitrogens with zero attached hydrogens (tertiary/aromatic N) is 5. The molecule has 0 aliphatic carbocycles. The van der Waals surface area contributed by atoms with Crippen LogP contribution in [0.15, 0.2) is 47.8 Å². The molecule has 2 rings (SSSR count). The van der Waals surface area contributed by atoms with Crippen LogP contribution in [0.3, 0.4) is 0 Å². The summed E-state index contributed by atoms with van der Waals surface area (Å²) in [6.45, 7) is 1.53. The number of aromatic nitrogens is 3. The zero-order valence-corrected chi connectivity index (χ0v) is 12.3. The van der Waals surface area contributed by atoms with Crippen LogP contribution in [0.5, 0.6) is 0 Å². The van der Waals surface area contributed by atoms with Crippen molar-refractivity contribution in [1.82, 2.24) is 20.2 Å². The lowest BCUT2D eigenvalue weighted by Crippen LogP contribution is -2.24. The second-order valence-corrected chi connectivity index (χ2v) is 4.53. The number of carbonyl (C=O) groups is 1. The van der Waals surface area contributed by atoms with Gasteiger partial charge in [0, 0.05) is 5.10 Å². The monoisotopic (exact) mass is 314 g/mol. The second-order valence-electron chi connectivity index (χ2n) is 4.53. The van der Waals surface area contributed by atoms with E-state index in [4.69, 9.17) is 0 Å². The van der Waals surface area contributed by atoms with Crippen molar-refractivity contribution in [3.63, 3.8) is 0 Å². The highest BCUT2D eigenvalue weighted by Crippen LogP contribution is 2.01. The molecule has 0 atom stereocenters. The average molecular weight is 314 g/mol. The first-order valence-corrected chi connectivity index (χ1v) is 6.64. The Hall–Kier alpha value is -3.36. The van der Waals surface area contributed by atoms with Crippen molar-refractivity contribution < 1.29 is 9.72 Å². The normalized spacial score (nSPS) is 11.6. The van der Waals surface area contributed by atoms with Crippen molar-refractivity contribution in [2.45, 2.75) is 13.5 Å². The lowest BCUT2D eigenvalue weighted by Gasteiger charge is -1.98. The number of hydrazone groups is 1. The summed E-state index contributed by atoms with van der Waals surface area (Å²) >= 11 is 0. The van der Waals surface area contributed by atoms with Gasteiger partial charge in [0.1, 0.15) is 6.54 Å². The lowest BCUT2D eigenvalue weighted by atomic mass is 10.2. The standard InChI is InChI=1S/C14H14N6O3/c1-11(7-8-12-5-3-2-4-6-12)16-17-13(21)9-19-10-15-14(18-19)20(22)23/h2-8,10H,9H2,1H3,(H,17,21)/b8-7+,16-11-. The van der Waals surface area contributed by atoms with Crippen LogP contribution >= 0.6 is 0 Å². The fourth-order valence-electron chi connectivity index (χ4n) is 1.60. The Labute approximate surface area is 131 Å². The van der Waals surface area contributed by atoms with E-state index in [1.54, 1.807) is 13.0 Å². The Morgan fingerprint density at radius 2 is 2.17 bits per heavy atom. The van der Waals surface area contributed by atoms with Gasteiger partial charge >= 0.3 is 5.95 Å². The first-order chi connectivity index (χ1) is 11.0. The molecule has 0 saturated heterocycles. The van der Waals surface area contributed by atoms with E-state index in [9.17, 15) is 14.9 Å². The molecule has 1 aromatic carbocycles. The third kappa shape index (κ3) is 5.16.